The Labute approximate surface area is 310 Å². The van der Waals surface area contributed by atoms with Gasteiger partial charge in [0, 0.05) is 88.3 Å². The van der Waals surface area contributed by atoms with Gasteiger partial charge in [-0.1, -0.05) is 30.3 Å². The average Bonchev–Trinajstić information content (AvgIpc) is 4.10. The van der Waals surface area contributed by atoms with Crippen LogP contribution in [0.15, 0.2) is 135 Å². The molecule has 0 aliphatic carbocycles. The number of pyridine rings is 2. The molecule has 0 saturated carbocycles. The molecule has 0 aliphatic rings. The van der Waals surface area contributed by atoms with Gasteiger partial charge in [-0.2, -0.15) is 0 Å². The van der Waals surface area contributed by atoms with Crippen LogP contribution in [-0.2, 0) is 0 Å². The summed E-state index contributed by atoms with van der Waals surface area (Å²) in [4.78, 5) is 57.9. The number of imidazole rings is 3. The molecule has 0 aliphatic heterocycles. The first-order chi connectivity index (χ1) is 27.3. The topological polar surface area (TPSA) is 184 Å². The van der Waals surface area contributed by atoms with E-state index in [1.54, 1.807) is 62.0 Å². The summed E-state index contributed by atoms with van der Waals surface area (Å²) in [5, 5.41) is 1.77. The zero-order chi connectivity index (χ0) is 36.3. The molecule has 0 fully saturated rings. The van der Waals surface area contributed by atoms with Gasteiger partial charge in [-0.3, -0.25) is 4.57 Å². The van der Waals surface area contributed by atoms with Crippen LogP contribution in [0.5, 0.6) is 0 Å². The number of H-pyrrole nitrogens is 4. The highest BCUT2D eigenvalue weighted by Gasteiger charge is 2.36. The molecule has 11 rings (SSSR count). The molecule has 0 unspecified atom stereocenters. The van der Waals surface area contributed by atoms with Crippen molar-refractivity contribution in [2.75, 3.05) is 0 Å². The number of rotatable bonds is 7. The lowest BCUT2D eigenvalue weighted by molar-refractivity contribution is 1.03. The van der Waals surface area contributed by atoms with E-state index in [1.165, 1.54) is 0 Å². The van der Waals surface area contributed by atoms with Crippen molar-refractivity contribution in [1.82, 2.24) is 69.4 Å². The minimum atomic E-state index is 0.412. The summed E-state index contributed by atoms with van der Waals surface area (Å²) >= 11 is 0. The highest BCUT2D eigenvalue weighted by molar-refractivity contribution is 6.22. The molecular formula is C41H26N14. The summed E-state index contributed by atoms with van der Waals surface area (Å²) < 4.78 is 2.12. The number of hydrogen-bond donors (Lipinski definition) is 4. The molecule has 9 heterocycles. The molecule has 4 N–H and O–H groups in total. The summed E-state index contributed by atoms with van der Waals surface area (Å²) in [5.74, 6) is 2.72. The Morgan fingerprint density at radius 2 is 1.35 bits per heavy atom. The molecular weight excluding hydrogens is 689 g/mol. The van der Waals surface area contributed by atoms with Crippen molar-refractivity contribution in [1.29, 1.82) is 0 Å². The lowest BCUT2D eigenvalue weighted by atomic mass is 9.86. The lowest BCUT2D eigenvalue weighted by Gasteiger charge is -2.21. The van der Waals surface area contributed by atoms with Crippen LogP contribution in [0.4, 0.5) is 0 Å². The molecule has 0 amide bonds. The molecule has 0 saturated heterocycles. The number of para-hydroxylation sites is 1. The van der Waals surface area contributed by atoms with E-state index in [0.717, 1.165) is 44.2 Å². The molecule has 14 nitrogen and oxygen atoms in total. The van der Waals surface area contributed by atoms with Crippen LogP contribution in [-0.4, -0.2) is 69.4 Å². The third-order valence-corrected chi connectivity index (χ3v) is 9.65. The Bertz CT molecular complexity index is 3130. The largest absolute Gasteiger partial charge is 0.361 e. The standard InChI is InChI=1S/C41H26N14/c1-2-8-24-23(7-1)11-12-26(53-24)30-29(25-9-5-14-42-25)32(38-44-15-6-16-45-38)33(40-50-21-27-37(54-40)52-22-51-27)31-34(39-46-17-18-47-39)36(41-48-19-20-49-41)55(35(30)31)28-10-3-4-13-43-28/h1-22,42H,(H,46,47)(H,48,49)(H,50,51,52,54). The van der Waals surface area contributed by atoms with E-state index in [2.05, 4.69) is 47.7 Å². The van der Waals surface area contributed by atoms with Gasteiger partial charge < -0.3 is 19.9 Å². The summed E-state index contributed by atoms with van der Waals surface area (Å²) in [7, 11) is 0. The van der Waals surface area contributed by atoms with Gasteiger partial charge in [-0.25, -0.2) is 44.9 Å². The maximum absolute atomic E-state index is 5.36. The van der Waals surface area contributed by atoms with E-state index < -0.39 is 0 Å². The predicted molar refractivity (Wildman–Crippen MR) is 208 cm³/mol. The fraction of sp³-hybridized carbons (Fsp3) is 0. The van der Waals surface area contributed by atoms with Crippen molar-refractivity contribution in [2.45, 2.75) is 0 Å². The van der Waals surface area contributed by atoms with Crippen molar-refractivity contribution in [3.05, 3.63) is 135 Å². The van der Waals surface area contributed by atoms with E-state index in [1.807, 2.05) is 54.7 Å². The molecule has 11 aromatic rings. The van der Waals surface area contributed by atoms with E-state index in [4.69, 9.17) is 39.9 Å². The van der Waals surface area contributed by atoms with E-state index in [0.29, 0.717) is 62.8 Å². The van der Waals surface area contributed by atoms with Crippen molar-refractivity contribution < 1.29 is 0 Å². The van der Waals surface area contributed by atoms with Gasteiger partial charge in [0.15, 0.2) is 23.1 Å². The molecule has 0 bridgehead atoms. The third kappa shape index (κ3) is 4.78. The maximum atomic E-state index is 5.36. The minimum Gasteiger partial charge on any atom is -0.361 e. The lowest BCUT2D eigenvalue weighted by Crippen LogP contribution is -2.05. The number of aromatic nitrogens is 14. The second-order valence-electron chi connectivity index (χ2n) is 12.7. The number of nitrogens with zero attached hydrogens (tertiary/aromatic N) is 10. The monoisotopic (exact) mass is 714 g/mol. The summed E-state index contributed by atoms with van der Waals surface area (Å²) in [6.45, 7) is 0. The Morgan fingerprint density at radius 1 is 0.509 bits per heavy atom. The predicted octanol–water partition coefficient (Wildman–Crippen LogP) is 7.81. The highest BCUT2D eigenvalue weighted by Crippen LogP contribution is 2.54. The number of aromatic amines is 4. The molecule has 0 atom stereocenters. The summed E-state index contributed by atoms with van der Waals surface area (Å²) in [6.07, 6.45) is 17.6. The maximum Gasteiger partial charge on any atom is 0.181 e. The van der Waals surface area contributed by atoms with Gasteiger partial charge in [0.2, 0.25) is 0 Å². The number of nitrogens with one attached hydrogen (secondary N) is 4. The molecule has 14 heteroatoms. The second kappa shape index (κ2) is 12.2. The number of fused-ring (bicyclic) bond motifs is 3. The van der Waals surface area contributed by atoms with Gasteiger partial charge >= 0.3 is 0 Å². The van der Waals surface area contributed by atoms with Crippen LogP contribution in [0.3, 0.4) is 0 Å². The van der Waals surface area contributed by atoms with Crippen LogP contribution in [0.2, 0.25) is 0 Å². The zero-order valence-electron chi connectivity index (χ0n) is 28.7. The summed E-state index contributed by atoms with van der Waals surface area (Å²) in [5.41, 5.74) is 8.73. The normalized spacial score (nSPS) is 11.6. The first kappa shape index (κ1) is 30.5. The van der Waals surface area contributed by atoms with Crippen molar-refractivity contribution in [2.24, 2.45) is 0 Å². The molecule has 9 aromatic heterocycles. The quantitative estimate of drug-likeness (QED) is 0.128. The van der Waals surface area contributed by atoms with Crippen LogP contribution >= 0.6 is 0 Å². The number of hydrogen-bond acceptors (Lipinski definition) is 9. The van der Waals surface area contributed by atoms with Gasteiger partial charge in [-0.05, 0) is 42.5 Å². The SMILES string of the molecule is c1ccc(-n2c(-c3ncc[nH]3)c(-c3ncc[nH]3)c3c(-c4ncc5[nH]cnc5n4)c(-c4ncccn4)c(-c4ccc[nH]4)c(-c4ccc5ccccc5n4)c32)nc1. The zero-order valence-corrected chi connectivity index (χ0v) is 28.7. The Balaban J connectivity index is 1.48. The van der Waals surface area contributed by atoms with E-state index in [9.17, 15) is 0 Å². The average molecular weight is 715 g/mol. The minimum absolute atomic E-state index is 0.412. The fourth-order valence-corrected chi connectivity index (χ4v) is 7.45. The summed E-state index contributed by atoms with van der Waals surface area (Å²) in [6, 6.07) is 23.9. The van der Waals surface area contributed by atoms with Crippen LogP contribution in [0.25, 0.3) is 107 Å². The Hall–Kier alpha value is -8.13. The Morgan fingerprint density at radius 3 is 2.15 bits per heavy atom. The highest BCUT2D eigenvalue weighted by atomic mass is 15.1. The number of benzene rings is 2. The van der Waals surface area contributed by atoms with Crippen molar-refractivity contribution in [3.8, 4) is 74.0 Å². The second-order valence-corrected chi connectivity index (χ2v) is 12.7. The fourth-order valence-electron chi connectivity index (χ4n) is 7.45. The first-order valence-corrected chi connectivity index (χ1v) is 17.4. The molecule has 55 heavy (non-hydrogen) atoms. The van der Waals surface area contributed by atoms with E-state index in [-0.39, 0.29) is 0 Å². The molecule has 0 spiro atoms. The van der Waals surface area contributed by atoms with Crippen LogP contribution in [0, 0.1) is 0 Å². The van der Waals surface area contributed by atoms with Gasteiger partial charge in [0.05, 0.1) is 34.8 Å². The van der Waals surface area contributed by atoms with Crippen molar-refractivity contribution in [3.63, 3.8) is 0 Å². The molecule has 0 radical (unpaired) electrons. The third-order valence-electron chi connectivity index (χ3n) is 9.65. The molecule has 2 aromatic carbocycles. The first-order valence-electron chi connectivity index (χ1n) is 17.4. The van der Waals surface area contributed by atoms with Gasteiger partial charge in [0.1, 0.15) is 22.9 Å². The van der Waals surface area contributed by atoms with Gasteiger partial charge in [0.25, 0.3) is 0 Å². The van der Waals surface area contributed by atoms with Crippen LogP contribution in [0.1, 0.15) is 0 Å². The van der Waals surface area contributed by atoms with Crippen LogP contribution < -0.4 is 0 Å². The van der Waals surface area contributed by atoms with E-state index >= 15 is 0 Å². The smallest absolute Gasteiger partial charge is 0.181 e. The van der Waals surface area contributed by atoms with Crippen molar-refractivity contribution >= 4 is 33.0 Å². The van der Waals surface area contributed by atoms with Gasteiger partial charge in [-0.15, -0.1) is 0 Å². The molecule has 260 valence electrons. The Kier molecular flexibility index (Phi) is 6.78.